The lowest BCUT2D eigenvalue weighted by Gasteiger charge is -2.30. The van der Waals surface area contributed by atoms with Gasteiger partial charge in [0, 0.05) is 19.5 Å². The first kappa shape index (κ1) is 15.1. The normalized spacial score (nSPS) is 23.6. The number of nitrogens with one attached hydrogen (secondary N) is 1. The molecule has 2 fully saturated rings. The second-order valence-corrected chi connectivity index (χ2v) is 6.59. The minimum atomic E-state index is -0.136. The van der Waals surface area contributed by atoms with Crippen molar-refractivity contribution in [2.45, 2.75) is 38.6 Å². The summed E-state index contributed by atoms with van der Waals surface area (Å²) >= 11 is 0. The third-order valence-electron chi connectivity index (χ3n) is 4.86. The Balaban J connectivity index is 1.78. The van der Waals surface area contributed by atoms with Crippen LogP contribution in [-0.2, 0) is 9.59 Å². The lowest BCUT2D eigenvalue weighted by molar-refractivity contribution is -0.134. The molecule has 2 aliphatic rings. The Hall–Kier alpha value is -1.84. The van der Waals surface area contributed by atoms with Crippen molar-refractivity contribution >= 4 is 11.8 Å². The predicted octanol–water partition coefficient (Wildman–Crippen LogP) is 2.51. The fraction of sp³-hybridized carbons (Fsp3) is 0.556. The molecule has 1 saturated carbocycles. The molecule has 3 rings (SSSR count). The lowest BCUT2D eigenvalue weighted by atomic mass is 9.98. The van der Waals surface area contributed by atoms with Crippen molar-refractivity contribution in [3.8, 4) is 0 Å². The molecule has 1 aliphatic carbocycles. The van der Waals surface area contributed by atoms with Crippen LogP contribution in [0.25, 0.3) is 0 Å². The maximum absolute atomic E-state index is 12.8. The number of rotatable bonds is 4. The Morgan fingerprint density at radius 1 is 1.32 bits per heavy atom. The van der Waals surface area contributed by atoms with Gasteiger partial charge in [-0.15, -0.1) is 0 Å². The summed E-state index contributed by atoms with van der Waals surface area (Å²) in [5, 5.41) is 2.88. The summed E-state index contributed by atoms with van der Waals surface area (Å²) in [7, 11) is 0. The molecule has 0 bridgehead atoms. The molecule has 0 aromatic heterocycles. The van der Waals surface area contributed by atoms with E-state index >= 15 is 0 Å². The number of amides is 2. The van der Waals surface area contributed by atoms with Crippen LogP contribution in [0.5, 0.6) is 0 Å². The van der Waals surface area contributed by atoms with Crippen LogP contribution in [0.4, 0.5) is 0 Å². The highest BCUT2D eigenvalue weighted by Crippen LogP contribution is 2.39. The summed E-state index contributed by atoms with van der Waals surface area (Å²) in [6, 6.07) is 9.77. The van der Waals surface area contributed by atoms with E-state index in [0.29, 0.717) is 31.8 Å². The smallest absolute Gasteiger partial charge is 0.223 e. The van der Waals surface area contributed by atoms with Crippen LogP contribution in [0.2, 0.25) is 0 Å². The highest BCUT2D eigenvalue weighted by Gasteiger charge is 2.34. The van der Waals surface area contributed by atoms with Crippen molar-refractivity contribution in [1.82, 2.24) is 10.2 Å². The summed E-state index contributed by atoms with van der Waals surface area (Å²) in [5.74, 6) is 1.39. The van der Waals surface area contributed by atoms with E-state index in [1.807, 2.05) is 35.2 Å². The van der Waals surface area contributed by atoms with Gasteiger partial charge in [-0.3, -0.25) is 9.59 Å². The summed E-state index contributed by atoms with van der Waals surface area (Å²) in [6.45, 7) is 3.32. The van der Waals surface area contributed by atoms with Crippen molar-refractivity contribution < 1.29 is 9.59 Å². The van der Waals surface area contributed by atoms with Gasteiger partial charge in [-0.25, -0.2) is 0 Å². The summed E-state index contributed by atoms with van der Waals surface area (Å²) in [6.07, 6.45) is 3.48. The molecule has 0 spiro atoms. The van der Waals surface area contributed by atoms with Gasteiger partial charge >= 0.3 is 0 Å². The lowest BCUT2D eigenvalue weighted by Crippen LogP contribution is -2.37. The molecular weight excluding hydrogens is 276 g/mol. The Kier molecular flexibility index (Phi) is 4.46. The van der Waals surface area contributed by atoms with Gasteiger partial charge in [0.1, 0.15) is 0 Å². The molecule has 2 atom stereocenters. The largest absolute Gasteiger partial charge is 0.354 e. The molecule has 1 N–H and O–H groups in total. The molecule has 0 unspecified atom stereocenters. The standard InChI is InChI=1S/C18H24N2O2/c1-13(14-7-8-14)11-18(22)20-10-9-19-17(21)12-16(20)15-5-3-2-4-6-15/h2-6,13-14,16H,7-12H2,1H3,(H,19,21)/t13-,16+/m1/s1. The van der Waals surface area contributed by atoms with Gasteiger partial charge in [0.2, 0.25) is 11.8 Å². The van der Waals surface area contributed by atoms with E-state index in [0.717, 1.165) is 11.5 Å². The van der Waals surface area contributed by atoms with E-state index in [-0.39, 0.29) is 17.9 Å². The van der Waals surface area contributed by atoms with Crippen LogP contribution >= 0.6 is 0 Å². The molecule has 1 aliphatic heterocycles. The highest BCUT2D eigenvalue weighted by atomic mass is 16.2. The van der Waals surface area contributed by atoms with Crippen LogP contribution in [-0.4, -0.2) is 29.8 Å². The third kappa shape index (κ3) is 3.49. The number of hydrogen-bond acceptors (Lipinski definition) is 2. The van der Waals surface area contributed by atoms with Gasteiger partial charge in [-0.2, -0.15) is 0 Å². The van der Waals surface area contributed by atoms with E-state index in [1.54, 1.807) is 0 Å². The number of carbonyl (C=O) groups is 2. The zero-order chi connectivity index (χ0) is 15.5. The molecule has 1 aromatic rings. The third-order valence-corrected chi connectivity index (χ3v) is 4.86. The van der Waals surface area contributed by atoms with Crippen LogP contribution in [0.3, 0.4) is 0 Å². The monoisotopic (exact) mass is 300 g/mol. The molecule has 1 saturated heterocycles. The first-order valence-electron chi connectivity index (χ1n) is 8.26. The van der Waals surface area contributed by atoms with Gasteiger partial charge in [-0.05, 0) is 30.2 Å². The summed E-state index contributed by atoms with van der Waals surface area (Å²) < 4.78 is 0. The van der Waals surface area contributed by atoms with Gasteiger partial charge in [0.25, 0.3) is 0 Å². The fourth-order valence-electron chi connectivity index (χ4n) is 3.33. The van der Waals surface area contributed by atoms with Crippen molar-refractivity contribution in [1.29, 1.82) is 0 Å². The maximum Gasteiger partial charge on any atom is 0.223 e. The van der Waals surface area contributed by atoms with Gasteiger partial charge in [0.15, 0.2) is 0 Å². The Morgan fingerprint density at radius 3 is 2.73 bits per heavy atom. The number of hydrogen-bond donors (Lipinski definition) is 1. The van der Waals surface area contributed by atoms with E-state index in [9.17, 15) is 9.59 Å². The Bertz CT molecular complexity index is 539. The number of carbonyl (C=O) groups excluding carboxylic acids is 2. The van der Waals surface area contributed by atoms with Gasteiger partial charge in [-0.1, -0.05) is 37.3 Å². The Morgan fingerprint density at radius 2 is 2.05 bits per heavy atom. The minimum Gasteiger partial charge on any atom is -0.354 e. The van der Waals surface area contributed by atoms with Crippen molar-refractivity contribution in [3.05, 3.63) is 35.9 Å². The van der Waals surface area contributed by atoms with Crippen LogP contribution in [0.1, 0.15) is 44.2 Å². The quantitative estimate of drug-likeness (QED) is 0.929. The maximum atomic E-state index is 12.8. The van der Waals surface area contributed by atoms with Crippen LogP contribution in [0.15, 0.2) is 30.3 Å². The van der Waals surface area contributed by atoms with E-state index in [1.165, 1.54) is 12.8 Å². The van der Waals surface area contributed by atoms with Crippen molar-refractivity contribution in [2.75, 3.05) is 13.1 Å². The van der Waals surface area contributed by atoms with Gasteiger partial charge < -0.3 is 10.2 Å². The molecule has 118 valence electrons. The zero-order valence-corrected chi connectivity index (χ0v) is 13.1. The first-order valence-corrected chi connectivity index (χ1v) is 8.26. The van der Waals surface area contributed by atoms with Crippen molar-refractivity contribution in [2.24, 2.45) is 11.8 Å². The Labute approximate surface area is 131 Å². The molecule has 1 heterocycles. The molecule has 2 amide bonds. The molecule has 0 radical (unpaired) electrons. The van der Waals surface area contributed by atoms with Gasteiger partial charge in [0.05, 0.1) is 12.5 Å². The average Bonchev–Trinajstić information content (AvgIpc) is 3.35. The summed E-state index contributed by atoms with van der Waals surface area (Å²) in [4.78, 5) is 26.6. The van der Waals surface area contributed by atoms with Crippen LogP contribution in [0, 0.1) is 11.8 Å². The average molecular weight is 300 g/mol. The predicted molar refractivity (Wildman–Crippen MR) is 85.0 cm³/mol. The fourth-order valence-corrected chi connectivity index (χ4v) is 3.33. The second-order valence-electron chi connectivity index (χ2n) is 6.59. The van der Waals surface area contributed by atoms with Crippen molar-refractivity contribution in [3.63, 3.8) is 0 Å². The zero-order valence-electron chi connectivity index (χ0n) is 13.1. The molecule has 4 heteroatoms. The summed E-state index contributed by atoms with van der Waals surface area (Å²) in [5.41, 5.74) is 1.05. The number of benzene rings is 1. The van der Waals surface area contributed by atoms with Crippen LogP contribution < -0.4 is 5.32 Å². The van der Waals surface area contributed by atoms with E-state index < -0.39 is 0 Å². The topological polar surface area (TPSA) is 49.4 Å². The molecule has 22 heavy (non-hydrogen) atoms. The SMILES string of the molecule is C[C@H](CC(=O)N1CCNC(=O)C[C@H]1c1ccccc1)C1CC1. The number of nitrogens with zero attached hydrogens (tertiary/aromatic N) is 1. The highest BCUT2D eigenvalue weighted by molar-refractivity contribution is 5.81. The molecule has 1 aromatic carbocycles. The minimum absolute atomic E-state index is 0.0272. The van der Waals surface area contributed by atoms with E-state index in [2.05, 4.69) is 12.2 Å². The first-order chi connectivity index (χ1) is 10.6. The second kappa shape index (κ2) is 6.51. The molecule has 4 nitrogen and oxygen atoms in total. The molecular formula is C18H24N2O2. The van der Waals surface area contributed by atoms with E-state index in [4.69, 9.17) is 0 Å².